The number of fused-ring (bicyclic) bond motifs is 1. The molecule has 4 aromatic rings. The van der Waals surface area contributed by atoms with Crippen molar-refractivity contribution < 1.29 is 9.21 Å². The van der Waals surface area contributed by atoms with Crippen LogP contribution in [0.25, 0.3) is 11.0 Å². The molecule has 0 unspecified atom stereocenters. The van der Waals surface area contributed by atoms with E-state index in [1.54, 1.807) is 27.9 Å². The summed E-state index contributed by atoms with van der Waals surface area (Å²) in [6, 6.07) is 13.6. The van der Waals surface area contributed by atoms with Crippen LogP contribution < -0.4 is 10.2 Å². The fourth-order valence-corrected chi connectivity index (χ4v) is 3.73. The summed E-state index contributed by atoms with van der Waals surface area (Å²) in [7, 11) is 1.88. The van der Waals surface area contributed by atoms with E-state index < -0.39 is 0 Å². The van der Waals surface area contributed by atoms with Gasteiger partial charge in [0.2, 0.25) is 5.95 Å². The molecule has 0 aliphatic carbocycles. The van der Waals surface area contributed by atoms with Crippen LogP contribution in [0, 0.1) is 0 Å². The van der Waals surface area contributed by atoms with Crippen LogP contribution in [-0.2, 0) is 13.6 Å². The summed E-state index contributed by atoms with van der Waals surface area (Å²) in [6.45, 7) is 3.12. The normalized spacial score (nSPS) is 14.2. The van der Waals surface area contributed by atoms with Crippen molar-refractivity contribution in [3.8, 4) is 0 Å². The van der Waals surface area contributed by atoms with E-state index in [1.165, 1.54) is 11.8 Å². The smallest absolute Gasteiger partial charge is 0.289 e. The predicted octanol–water partition coefficient (Wildman–Crippen LogP) is 2.53. The van der Waals surface area contributed by atoms with Crippen LogP contribution in [0.15, 0.2) is 59.3 Å². The zero-order valence-electron chi connectivity index (χ0n) is 17.2. The van der Waals surface area contributed by atoms with Crippen molar-refractivity contribution in [2.45, 2.75) is 6.54 Å². The number of carbonyl (C=O) groups is 1. The van der Waals surface area contributed by atoms with Crippen molar-refractivity contribution in [3.05, 3.63) is 66.2 Å². The number of hydrogen-bond acceptors (Lipinski definition) is 7. The van der Waals surface area contributed by atoms with E-state index in [1.807, 2.05) is 25.2 Å². The standard InChI is InChI=1S/C22H23N7O2/c1-27-20-17(15-24-27)19(23-14-16-6-3-2-4-7-16)25-22(26-20)29-11-9-28(10-12-29)21(30)18-8-5-13-31-18/h2-8,13,15H,9-12,14H2,1H3,(H,23,25,26). The van der Waals surface area contributed by atoms with E-state index in [2.05, 4.69) is 27.4 Å². The van der Waals surface area contributed by atoms with Crippen LogP contribution in [0.4, 0.5) is 11.8 Å². The summed E-state index contributed by atoms with van der Waals surface area (Å²) in [6.07, 6.45) is 3.30. The van der Waals surface area contributed by atoms with Gasteiger partial charge in [-0.05, 0) is 17.7 Å². The van der Waals surface area contributed by atoms with E-state index in [-0.39, 0.29) is 5.91 Å². The molecule has 0 spiro atoms. The Hall–Kier alpha value is -3.88. The lowest BCUT2D eigenvalue weighted by Gasteiger charge is -2.34. The molecule has 3 aromatic heterocycles. The number of piperazine rings is 1. The molecule has 1 N–H and O–H groups in total. The van der Waals surface area contributed by atoms with Gasteiger partial charge in [0.25, 0.3) is 5.91 Å². The maximum atomic E-state index is 12.5. The molecule has 4 heterocycles. The summed E-state index contributed by atoms with van der Waals surface area (Å²) < 4.78 is 7.00. The summed E-state index contributed by atoms with van der Waals surface area (Å²) in [4.78, 5) is 26.0. The number of furan rings is 1. The fraction of sp³-hybridized carbons (Fsp3) is 0.273. The molecule has 0 radical (unpaired) electrons. The van der Waals surface area contributed by atoms with E-state index in [0.717, 1.165) is 16.9 Å². The molecule has 0 atom stereocenters. The molecule has 0 bridgehead atoms. The summed E-state index contributed by atoms with van der Waals surface area (Å²) >= 11 is 0. The molecular weight excluding hydrogens is 394 g/mol. The number of nitrogens with one attached hydrogen (secondary N) is 1. The molecule has 31 heavy (non-hydrogen) atoms. The van der Waals surface area contributed by atoms with Gasteiger partial charge >= 0.3 is 0 Å². The molecule has 9 heteroatoms. The minimum Gasteiger partial charge on any atom is -0.459 e. The maximum absolute atomic E-state index is 12.5. The largest absolute Gasteiger partial charge is 0.459 e. The lowest BCUT2D eigenvalue weighted by molar-refractivity contribution is 0.0714. The highest BCUT2D eigenvalue weighted by atomic mass is 16.3. The third-order valence-corrected chi connectivity index (χ3v) is 5.46. The van der Waals surface area contributed by atoms with Gasteiger partial charge in [-0.25, -0.2) is 0 Å². The zero-order chi connectivity index (χ0) is 21.2. The second kappa shape index (κ2) is 8.10. The van der Waals surface area contributed by atoms with Gasteiger partial charge in [-0.1, -0.05) is 30.3 Å². The monoisotopic (exact) mass is 417 g/mol. The van der Waals surface area contributed by atoms with Crippen LogP contribution in [0.2, 0.25) is 0 Å². The molecule has 1 aliphatic heterocycles. The Bertz CT molecular complexity index is 1180. The van der Waals surface area contributed by atoms with Crippen LogP contribution in [-0.4, -0.2) is 56.7 Å². The van der Waals surface area contributed by atoms with Gasteiger partial charge in [0.05, 0.1) is 17.8 Å². The van der Waals surface area contributed by atoms with Gasteiger partial charge in [0.15, 0.2) is 11.4 Å². The fourth-order valence-electron chi connectivity index (χ4n) is 3.73. The highest BCUT2D eigenvalue weighted by Gasteiger charge is 2.26. The Morgan fingerprint density at radius 2 is 1.87 bits per heavy atom. The van der Waals surface area contributed by atoms with E-state index >= 15 is 0 Å². The molecule has 1 amide bonds. The quantitative estimate of drug-likeness (QED) is 0.533. The molecular formula is C22H23N7O2. The second-order valence-corrected chi connectivity index (χ2v) is 7.47. The molecule has 1 aliphatic rings. The highest BCUT2D eigenvalue weighted by molar-refractivity contribution is 5.91. The minimum absolute atomic E-state index is 0.0853. The van der Waals surface area contributed by atoms with E-state index in [4.69, 9.17) is 14.4 Å². The Morgan fingerprint density at radius 1 is 1.06 bits per heavy atom. The van der Waals surface area contributed by atoms with Gasteiger partial charge < -0.3 is 19.5 Å². The molecule has 1 fully saturated rings. The van der Waals surface area contributed by atoms with Crippen molar-refractivity contribution >= 4 is 28.7 Å². The predicted molar refractivity (Wildman–Crippen MR) is 117 cm³/mol. The first-order valence-corrected chi connectivity index (χ1v) is 10.2. The number of rotatable bonds is 5. The van der Waals surface area contributed by atoms with Gasteiger partial charge in [0.1, 0.15) is 5.82 Å². The van der Waals surface area contributed by atoms with Gasteiger partial charge in [0, 0.05) is 39.8 Å². The number of nitrogens with zero attached hydrogens (tertiary/aromatic N) is 6. The molecule has 1 saturated heterocycles. The lowest BCUT2D eigenvalue weighted by Crippen LogP contribution is -2.49. The Kier molecular flexibility index (Phi) is 4.99. The van der Waals surface area contributed by atoms with E-state index in [0.29, 0.717) is 44.4 Å². The van der Waals surface area contributed by atoms with Crippen LogP contribution in [0.5, 0.6) is 0 Å². The number of hydrogen-bond donors (Lipinski definition) is 1. The first kappa shape index (κ1) is 19.1. The third-order valence-electron chi connectivity index (χ3n) is 5.46. The first-order valence-electron chi connectivity index (χ1n) is 10.2. The van der Waals surface area contributed by atoms with Crippen LogP contribution in [0.1, 0.15) is 16.1 Å². The van der Waals surface area contributed by atoms with Crippen molar-refractivity contribution in [1.82, 2.24) is 24.6 Å². The van der Waals surface area contributed by atoms with Crippen LogP contribution in [0.3, 0.4) is 0 Å². The van der Waals surface area contributed by atoms with Gasteiger partial charge in [-0.2, -0.15) is 15.1 Å². The zero-order valence-corrected chi connectivity index (χ0v) is 17.2. The Labute approximate surface area is 179 Å². The number of benzene rings is 1. The minimum atomic E-state index is -0.0853. The molecule has 1 aromatic carbocycles. The topological polar surface area (TPSA) is 92.3 Å². The summed E-state index contributed by atoms with van der Waals surface area (Å²) in [5.41, 5.74) is 1.94. The summed E-state index contributed by atoms with van der Waals surface area (Å²) in [5, 5.41) is 8.67. The number of aromatic nitrogens is 4. The maximum Gasteiger partial charge on any atom is 0.289 e. The average molecular weight is 417 g/mol. The molecule has 0 saturated carbocycles. The first-order chi connectivity index (χ1) is 15.2. The SMILES string of the molecule is Cn1ncc2c(NCc3ccccc3)nc(N3CCN(C(=O)c4ccco4)CC3)nc21. The number of aryl methyl sites for hydroxylation is 1. The molecule has 9 nitrogen and oxygen atoms in total. The van der Waals surface area contributed by atoms with Crippen molar-refractivity contribution in [2.24, 2.45) is 7.05 Å². The highest BCUT2D eigenvalue weighted by Crippen LogP contribution is 2.24. The number of carbonyl (C=O) groups excluding carboxylic acids is 1. The van der Waals surface area contributed by atoms with Crippen LogP contribution >= 0.6 is 0 Å². The molecule has 5 rings (SSSR count). The van der Waals surface area contributed by atoms with E-state index in [9.17, 15) is 4.79 Å². The second-order valence-electron chi connectivity index (χ2n) is 7.47. The Morgan fingerprint density at radius 3 is 2.61 bits per heavy atom. The number of anilines is 2. The van der Waals surface area contributed by atoms with Gasteiger partial charge in [-0.15, -0.1) is 0 Å². The summed E-state index contributed by atoms with van der Waals surface area (Å²) in [5.74, 6) is 1.68. The average Bonchev–Trinajstić information content (AvgIpc) is 3.48. The lowest BCUT2D eigenvalue weighted by atomic mass is 10.2. The number of amides is 1. The van der Waals surface area contributed by atoms with Crippen molar-refractivity contribution in [3.63, 3.8) is 0 Å². The third kappa shape index (κ3) is 3.81. The Balaban J connectivity index is 1.35. The van der Waals surface area contributed by atoms with Crippen molar-refractivity contribution in [2.75, 3.05) is 36.4 Å². The van der Waals surface area contributed by atoms with Gasteiger partial charge in [-0.3, -0.25) is 9.48 Å². The molecule has 158 valence electrons. The van der Waals surface area contributed by atoms with Crippen molar-refractivity contribution in [1.29, 1.82) is 0 Å².